The van der Waals surface area contributed by atoms with E-state index >= 15 is 0 Å². The number of hydrogen-bond acceptors (Lipinski definition) is 4. The minimum absolute atomic E-state index is 0.142. The summed E-state index contributed by atoms with van der Waals surface area (Å²) in [5.41, 5.74) is 5.54. The number of ketones is 1. The first-order valence-corrected chi connectivity index (χ1v) is 5.16. The second kappa shape index (κ2) is 7.67. The summed E-state index contributed by atoms with van der Waals surface area (Å²) in [6.45, 7) is 2.30. The Morgan fingerprint density at radius 1 is 1.38 bits per heavy atom. The summed E-state index contributed by atoms with van der Waals surface area (Å²) in [5, 5.41) is 0. The number of nitrogens with two attached hydrogens (primary N) is 1. The van der Waals surface area contributed by atoms with Crippen molar-refractivity contribution < 1.29 is 14.3 Å². The predicted molar refractivity (Wildman–Crippen MR) is 61.1 cm³/mol. The van der Waals surface area contributed by atoms with Crippen molar-refractivity contribution in [1.82, 2.24) is 4.90 Å². The Morgan fingerprint density at radius 3 is 2.50 bits per heavy atom. The SMILES string of the molecule is CCOC(=O)C(=O)CCCN=C(N)N(C)C. The van der Waals surface area contributed by atoms with Gasteiger partial charge in [0.25, 0.3) is 0 Å². The van der Waals surface area contributed by atoms with E-state index in [1.807, 2.05) is 0 Å². The molecule has 0 amide bonds. The van der Waals surface area contributed by atoms with Crippen LogP contribution in [0, 0.1) is 0 Å². The fraction of sp³-hybridized carbons (Fsp3) is 0.700. The van der Waals surface area contributed by atoms with Crippen LogP contribution in [0.5, 0.6) is 0 Å². The number of carbonyl (C=O) groups is 2. The van der Waals surface area contributed by atoms with Gasteiger partial charge < -0.3 is 15.4 Å². The van der Waals surface area contributed by atoms with E-state index in [1.54, 1.807) is 25.9 Å². The average molecular weight is 229 g/mol. The third-order valence-electron chi connectivity index (χ3n) is 1.80. The molecule has 0 aromatic heterocycles. The topological polar surface area (TPSA) is 85.0 Å². The maximum absolute atomic E-state index is 11.1. The maximum atomic E-state index is 11.1. The van der Waals surface area contributed by atoms with E-state index in [0.717, 1.165) is 0 Å². The lowest BCUT2D eigenvalue weighted by atomic mass is 10.2. The Hall–Kier alpha value is -1.59. The van der Waals surface area contributed by atoms with Crippen molar-refractivity contribution in [2.24, 2.45) is 10.7 Å². The summed E-state index contributed by atoms with van der Waals surface area (Å²) in [7, 11) is 3.56. The second-order valence-electron chi connectivity index (χ2n) is 3.38. The number of hydrogen-bond donors (Lipinski definition) is 1. The zero-order valence-corrected chi connectivity index (χ0v) is 10.0. The molecular weight excluding hydrogens is 210 g/mol. The monoisotopic (exact) mass is 229 g/mol. The molecule has 0 aliphatic rings. The zero-order chi connectivity index (χ0) is 12.6. The van der Waals surface area contributed by atoms with Crippen LogP contribution in [0.25, 0.3) is 0 Å². The number of ether oxygens (including phenoxy) is 1. The summed E-state index contributed by atoms with van der Waals surface area (Å²) >= 11 is 0. The molecule has 0 atom stereocenters. The van der Waals surface area contributed by atoms with Crippen LogP contribution < -0.4 is 5.73 Å². The minimum Gasteiger partial charge on any atom is -0.460 e. The van der Waals surface area contributed by atoms with Crippen LogP contribution in [0.4, 0.5) is 0 Å². The van der Waals surface area contributed by atoms with Crippen molar-refractivity contribution in [2.45, 2.75) is 19.8 Å². The van der Waals surface area contributed by atoms with Crippen molar-refractivity contribution in [3.05, 3.63) is 0 Å². The maximum Gasteiger partial charge on any atom is 0.374 e. The first-order valence-electron chi connectivity index (χ1n) is 5.16. The second-order valence-corrected chi connectivity index (χ2v) is 3.38. The van der Waals surface area contributed by atoms with Crippen molar-refractivity contribution in [1.29, 1.82) is 0 Å². The number of rotatable bonds is 6. The molecule has 0 radical (unpaired) electrons. The number of nitrogens with zero attached hydrogens (tertiary/aromatic N) is 2. The molecular formula is C10H19N3O3. The van der Waals surface area contributed by atoms with Gasteiger partial charge >= 0.3 is 5.97 Å². The van der Waals surface area contributed by atoms with Gasteiger partial charge in [-0.1, -0.05) is 0 Å². The molecule has 0 aliphatic heterocycles. The lowest BCUT2D eigenvalue weighted by Crippen LogP contribution is -2.30. The number of carbonyl (C=O) groups excluding carboxylic acids is 2. The van der Waals surface area contributed by atoms with Gasteiger partial charge in [-0.05, 0) is 13.3 Å². The molecule has 0 heterocycles. The van der Waals surface area contributed by atoms with Crippen LogP contribution in [-0.2, 0) is 14.3 Å². The molecule has 0 fully saturated rings. The van der Waals surface area contributed by atoms with Crippen LogP contribution in [-0.4, -0.2) is 49.9 Å². The Bertz CT molecular complexity index is 274. The first kappa shape index (κ1) is 14.4. The van der Waals surface area contributed by atoms with Gasteiger partial charge in [-0.15, -0.1) is 0 Å². The van der Waals surface area contributed by atoms with E-state index in [9.17, 15) is 9.59 Å². The van der Waals surface area contributed by atoms with E-state index in [1.165, 1.54) is 0 Å². The molecule has 0 bridgehead atoms. The highest BCUT2D eigenvalue weighted by Crippen LogP contribution is 1.94. The molecule has 0 aromatic carbocycles. The average Bonchev–Trinajstić information content (AvgIpc) is 2.23. The molecule has 6 nitrogen and oxygen atoms in total. The van der Waals surface area contributed by atoms with Gasteiger partial charge in [0.1, 0.15) is 0 Å². The van der Waals surface area contributed by atoms with E-state index in [0.29, 0.717) is 18.9 Å². The largest absolute Gasteiger partial charge is 0.460 e. The van der Waals surface area contributed by atoms with E-state index in [-0.39, 0.29) is 13.0 Å². The quantitative estimate of drug-likeness (QED) is 0.224. The standard InChI is InChI=1S/C10H19N3O3/c1-4-16-9(15)8(14)6-5-7-12-10(11)13(2)3/h4-7H2,1-3H3,(H2,11,12). The number of aliphatic imine (C=N–C) groups is 1. The Balaban J connectivity index is 3.79. The smallest absolute Gasteiger partial charge is 0.374 e. The van der Waals surface area contributed by atoms with Crippen LogP contribution in [0.1, 0.15) is 19.8 Å². The molecule has 0 rings (SSSR count). The van der Waals surface area contributed by atoms with E-state index in [2.05, 4.69) is 9.73 Å². The fourth-order valence-corrected chi connectivity index (χ4v) is 0.888. The summed E-state index contributed by atoms with van der Waals surface area (Å²) in [6.07, 6.45) is 0.634. The van der Waals surface area contributed by atoms with Gasteiger partial charge in [0.15, 0.2) is 5.96 Å². The molecule has 16 heavy (non-hydrogen) atoms. The van der Waals surface area contributed by atoms with Crippen LogP contribution in [0.15, 0.2) is 4.99 Å². The van der Waals surface area contributed by atoms with Gasteiger partial charge in [0, 0.05) is 27.1 Å². The third kappa shape index (κ3) is 6.00. The normalized spacial score (nSPS) is 11.1. The van der Waals surface area contributed by atoms with Gasteiger partial charge in [-0.2, -0.15) is 0 Å². The lowest BCUT2D eigenvalue weighted by molar-refractivity contribution is -0.153. The Labute approximate surface area is 95.5 Å². The number of guanidine groups is 1. The highest BCUT2D eigenvalue weighted by atomic mass is 16.5. The predicted octanol–water partition coefficient (Wildman–Crippen LogP) is -0.225. The number of Topliss-reactive ketones (excluding diaryl/α,β-unsaturated/α-hetero) is 1. The lowest BCUT2D eigenvalue weighted by Gasteiger charge is -2.09. The Kier molecular flexibility index (Phi) is 6.91. The van der Waals surface area contributed by atoms with Gasteiger partial charge in [0.2, 0.25) is 5.78 Å². The van der Waals surface area contributed by atoms with Crippen LogP contribution in [0.2, 0.25) is 0 Å². The molecule has 0 aliphatic carbocycles. The molecule has 0 saturated heterocycles. The van der Waals surface area contributed by atoms with Crippen molar-refractivity contribution >= 4 is 17.7 Å². The molecule has 0 aromatic rings. The van der Waals surface area contributed by atoms with Crippen molar-refractivity contribution in [3.8, 4) is 0 Å². The van der Waals surface area contributed by atoms with E-state index < -0.39 is 11.8 Å². The molecule has 6 heteroatoms. The summed E-state index contributed by atoms with van der Waals surface area (Å²) in [4.78, 5) is 27.8. The van der Waals surface area contributed by atoms with E-state index in [4.69, 9.17) is 5.73 Å². The van der Waals surface area contributed by atoms with Crippen LogP contribution >= 0.6 is 0 Å². The van der Waals surface area contributed by atoms with Gasteiger partial charge in [0.05, 0.1) is 6.61 Å². The summed E-state index contributed by atoms with van der Waals surface area (Å²) in [6, 6.07) is 0. The third-order valence-corrected chi connectivity index (χ3v) is 1.80. The Morgan fingerprint density at radius 2 is 2.00 bits per heavy atom. The molecule has 0 spiro atoms. The molecule has 0 unspecified atom stereocenters. The van der Waals surface area contributed by atoms with Crippen LogP contribution in [0.3, 0.4) is 0 Å². The van der Waals surface area contributed by atoms with Crippen molar-refractivity contribution in [3.63, 3.8) is 0 Å². The fourth-order valence-electron chi connectivity index (χ4n) is 0.888. The first-order chi connectivity index (χ1) is 7.49. The van der Waals surface area contributed by atoms with Gasteiger partial charge in [-0.3, -0.25) is 9.79 Å². The summed E-state index contributed by atoms with van der Waals surface area (Å²) < 4.78 is 4.56. The highest BCUT2D eigenvalue weighted by molar-refractivity contribution is 6.33. The summed E-state index contributed by atoms with van der Waals surface area (Å²) in [5.74, 6) is -0.879. The minimum atomic E-state index is -0.771. The molecule has 92 valence electrons. The molecule has 2 N–H and O–H groups in total. The number of esters is 1. The molecule has 0 saturated carbocycles. The van der Waals surface area contributed by atoms with Crippen molar-refractivity contribution in [2.75, 3.05) is 27.2 Å². The zero-order valence-electron chi connectivity index (χ0n) is 10.0. The van der Waals surface area contributed by atoms with Gasteiger partial charge in [-0.25, -0.2) is 4.79 Å². The highest BCUT2D eigenvalue weighted by Gasteiger charge is 2.13.